The molecule has 0 bridgehead atoms. The van der Waals surface area contributed by atoms with Crippen LogP contribution in [-0.2, 0) is 11.3 Å². The number of fused-ring (bicyclic) bond motifs is 1. The fraction of sp³-hybridized carbons (Fsp3) is 0.0556. The molecule has 2 aromatic carbocycles. The van der Waals surface area contributed by atoms with Gasteiger partial charge in [-0.05, 0) is 52.7 Å². The molecule has 0 saturated carbocycles. The fourth-order valence-electron chi connectivity index (χ4n) is 2.83. The van der Waals surface area contributed by atoms with Gasteiger partial charge in [-0.15, -0.1) is 0 Å². The molecular weight excluding hydrogens is 322 g/mol. The molecule has 4 rings (SSSR count). The summed E-state index contributed by atoms with van der Waals surface area (Å²) in [5.74, 6) is -0.237. The van der Waals surface area contributed by atoms with Crippen molar-refractivity contribution in [1.29, 1.82) is 0 Å². The summed E-state index contributed by atoms with van der Waals surface area (Å²) in [6, 6.07) is 13.7. The van der Waals surface area contributed by atoms with E-state index in [4.69, 9.17) is 12.2 Å². The van der Waals surface area contributed by atoms with Crippen LogP contribution in [0, 0.1) is 0 Å². The van der Waals surface area contributed by atoms with Gasteiger partial charge in [0, 0.05) is 12.1 Å². The Morgan fingerprint density at radius 3 is 2.38 bits per heavy atom. The van der Waals surface area contributed by atoms with Gasteiger partial charge in [0.1, 0.15) is 5.70 Å². The smallest absolute Gasteiger partial charge is 0.273 e. The fourth-order valence-corrected chi connectivity index (χ4v) is 3.04. The summed E-state index contributed by atoms with van der Waals surface area (Å²) in [5, 5.41) is 8.50. The lowest BCUT2D eigenvalue weighted by atomic mass is 9.99. The first-order valence-corrected chi connectivity index (χ1v) is 7.86. The topological polar surface area (TPSA) is 70.2 Å². The van der Waals surface area contributed by atoms with Crippen LogP contribution in [0.5, 0.6) is 0 Å². The highest BCUT2D eigenvalue weighted by Gasteiger charge is 2.20. The first-order chi connectivity index (χ1) is 11.6. The first-order valence-electron chi connectivity index (χ1n) is 7.46. The number of nitrogens with one attached hydrogen (secondary N) is 3. The number of amides is 2. The van der Waals surface area contributed by atoms with Crippen LogP contribution in [0.25, 0.3) is 17.2 Å². The molecule has 2 amide bonds. The van der Waals surface area contributed by atoms with Gasteiger partial charge in [-0.2, -0.15) is 0 Å². The second kappa shape index (κ2) is 5.58. The van der Waals surface area contributed by atoms with Crippen LogP contribution in [0.2, 0.25) is 0 Å². The maximum Gasteiger partial charge on any atom is 0.273 e. The van der Waals surface area contributed by atoms with Gasteiger partial charge in [0.2, 0.25) is 0 Å². The van der Waals surface area contributed by atoms with Crippen molar-refractivity contribution in [2.24, 2.45) is 0 Å². The van der Waals surface area contributed by atoms with Gasteiger partial charge in [-0.3, -0.25) is 14.9 Å². The minimum absolute atomic E-state index is 0.0150. The number of hydrogen-bond acceptors (Lipinski definition) is 3. The Bertz CT molecular complexity index is 916. The molecule has 0 aromatic heterocycles. The van der Waals surface area contributed by atoms with Gasteiger partial charge in [-0.25, -0.2) is 0 Å². The molecule has 0 atom stereocenters. The first kappa shape index (κ1) is 14.6. The second-order valence-electron chi connectivity index (χ2n) is 5.64. The lowest BCUT2D eigenvalue weighted by Gasteiger charge is -2.05. The summed E-state index contributed by atoms with van der Waals surface area (Å²) >= 11 is 4.91. The third-order valence-corrected chi connectivity index (χ3v) is 4.27. The lowest BCUT2D eigenvalue weighted by Crippen LogP contribution is -2.21. The van der Waals surface area contributed by atoms with Crippen LogP contribution in [0.15, 0.2) is 48.2 Å². The van der Waals surface area contributed by atoms with Crippen LogP contribution in [0.4, 0.5) is 0 Å². The summed E-state index contributed by atoms with van der Waals surface area (Å²) in [6.07, 6.45) is 1.75. The van der Waals surface area contributed by atoms with E-state index in [0.717, 1.165) is 27.8 Å². The molecule has 2 aliphatic heterocycles. The molecule has 0 aliphatic carbocycles. The number of carbonyl (C=O) groups excluding carboxylic acids is 2. The molecule has 2 aliphatic rings. The van der Waals surface area contributed by atoms with E-state index in [9.17, 15) is 9.59 Å². The van der Waals surface area contributed by atoms with Crippen LogP contribution in [0.3, 0.4) is 0 Å². The highest BCUT2D eigenvalue weighted by Crippen LogP contribution is 2.25. The molecule has 2 heterocycles. The van der Waals surface area contributed by atoms with Crippen LogP contribution in [0.1, 0.15) is 21.5 Å². The van der Waals surface area contributed by atoms with E-state index in [1.807, 2.05) is 42.5 Å². The zero-order valence-corrected chi connectivity index (χ0v) is 13.4. The highest BCUT2D eigenvalue weighted by molar-refractivity contribution is 7.80. The van der Waals surface area contributed by atoms with Crippen LogP contribution in [-0.4, -0.2) is 16.9 Å². The molecule has 118 valence electrons. The Morgan fingerprint density at radius 1 is 0.917 bits per heavy atom. The summed E-state index contributed by atoms with van der Waals surface area (Å²) in [4.78, 5) is 23.3. The van der Waals surface area contributed by atoms with E-state index in [1.54, 1.807) is 6.08 Å². The van der Waals surface area contributed by atoms with Crippen molar-refractivity contribution in [3.63, 3.8) is 0 Å². The minimum Gasteiger partial charge on any atom is -0.348 e. The maximum absolute atomic E-state index is 11.6. The van der Waals surface area contributed by atoms with Crippen molar-refractivity contribution in [3.8, 4) is 11.1 Å². The molecule has 1 saturated heterocycles. The van der Waals surface area contributed by atoms with Gasteiger partial charge < -0.3 is 10.6 Å². The van der Waals surface area contributed by atoms with Gasteiger partial charge >= 0.3 is 0 Å². The zero-order chi connectivity index (χ0) is 16.7. The average molecular weight is 335 g/mol. The predicted octanol–water partition coefficient (Wildman–Crippen LogP) is 1.94. The highest BCUT2D eigenvalue weighted by atomic mass is 32.1. The van der Waals surface area contributed by atoms with E-state index in [1.165, 1.54) is 0 Å². The second-order valence-corrected chi connectivity index (χ2v) is 6.05. The summed E-state index contributed by atoms with van der Waals surface area (Å²) < 4.78 is 0. The third kappa shape index (κ3) is 2.57. The normalized spacial score (nSPS) is 17.5. The monoisotopic (exact) mass is 335 g/mol. The quantitative estimate of drug-likeness (QED) is 0.579. The molecule has 0 spiro atoms. The van der Waals surface area contributed by atoms with E-state index in [2.05, 4.69) is 16.0 Å². The van der Waals surface area contributed by atoms with Crippen LogP contribution >= 0.6 is 12.2 Å². The minimum atomic E-state index is -0.222. The Labute approximate surface area is 143 Å². The SMILES string of the molecule is O=C1NC(=S)N/C1=C\c1ccc(-c2ccc3c(c2)CNC3=O)cc1. The molecule has 5 nitrogen and oxygen atoms in total. The van der Waals surface area contributed by atoms with E-state index < -0.39 is 0 Å². The lowest BCUT2D eigenvalue weighted by molar-refractivity contribution is -0.115. The van der Waals surface area contributed by atoms with Gasteiger partial charge in [-0.1, -0.05) is 30.3 Å². The zero-order valence-electron chi connectivity index (χ0n) is 12.6. The third-order valence-electron chi connectivity index (χ3n) is 4.06. The van der Waals surface area contributed by atoms with Gasteiger partial charge in [0.15, 0.2) is 5.11 Å². The Kier molecular flexibility index (Phi) is 3.39. The van der Waals surface area contributed by atoms with E-state index >= 15 is 0 Å². The number of benzene rings is 2. The van der Waals surface area contributed by atoms with Crippen molar-refractivity contribution < 1.29 is 9.59 Å². The molecule has 2 aromatic rings. The van der Waals surface area contributed by atoms with Crippen molar-refractivity contribution in [1.82, 2.24) is 16.0 Å². The van der Waals surface area contributed by atoms with Crippen molar-refractivity contribution in [3.05, 3.63) is 64.9 Å². The Morgan fingerprint density at radius 2 is 1.67 bits per heavy atom. The maximum atomic E-state index is 11.6. The molecule has 24 heavy (non-hydrogen) atoms. The summed E-state index contributed by atoms with van der Waals surface area (Å²) in [6.45, 7) is 0.576. The van der Waals surface area contributed by atoms with Crippen molar-refractivity contribution in [2.45, 2.75) is 6.54 Å². The standard InChI is InChI=1S/C18H13N3O2S/c22-16-14-6-5-12(8-13(14)9-19-16)11-3-1-10(2-4-11)7-15-17(23)21-18(24)20-15/h1-8H,9H2,(H,19,22)(H2,20,21,23,24)/b15-7-. The van der Waals surface area contributed by atoms with Crippen LogP contribution < -0.4 is 16.0 Å². The predicted molar refractivity (Wildman–Crippen MR) is 94.9 cm³/mol. The number of carbonyl (C=O) groups is 2. The van der Waals surface area contributed by atoms with Gasteiger partial charge in [0.05, 0.1) is 0 Å². The Balaban J connectivity index is 1.61. The Hall–Kier alpha value is -2.99. The number of hydrogen-bond donors (Lipinski definition) is 3. The van der Waals surface area contributed by atoms with E-state index in [0.29, 0.717) is 17.4 Å². The molecule has 0 radical (unpaired) electrons. The van der Waals surface area contributed by atoms with Crippen molar-refractivity contribution >= 4 is 35.2 Å². The summed E-state index contributed by atoms with van der Waals surface area (Å²) in [7, 11) is 0. The largest absolute Gasteiger partial charge is 0.348 e. The molecule has 1 fully saturated rings. The molecule has 0 unspecified atom stereocenters. The average Bonchev–Trinajstić information content (AvgIpc) is 3.10. The van der Waals surface area contributed by atoms with Crippen molar-refractivity contribution in [2.75, 3.05) is 0 Å². The van der Waals surface area contributed by atoms with Gasteiger partial charge in [0.25, 0.3) is 11.8 Å². The molecule has 6 heteroatoms. The summed E-state index contributed by atoms with van der Waals surface area (Å²) in [5.41, 5.74) is 5.22. The number of thiocarbonyl (C=S) groups is 1. The molecule has 3 N–H and O–H groups in total. The number of rotatable bonds is 2. The molecular formula is C18H13N3O2S. The van der Waals surface area contributed by atoms with E-state index in [-0.39, 0.29) is 11.8 Å².